The molecule has 10 heteroatoms. The Morgan fingerprint density at radius 1 is 1.07 bits per heavy atom. The summed E-state index contributed by atoms with van der Waals surface area (Å²) in [5.74, 6) is -0.853. The number of carboxylic acids is 1. The molecule has 7 nitrogen and oxygen atoms in total. The molecule has 146 valence electrons. The van der Waals surface area contributed by atoms with E-state index in [0.717, 1.165) is 10.4 Å². The summed E-state index contributed by atoms with van der Waals surface area (Å²) >= 11 is 11.8. The smallest absolute Gasteiger partial charge is 0.327 e. The second-order valence-electron chi connectivity index (χ2n) is 5.43. The summed E-state index contributed by atoms with van der Waals surface area (Å²) in [5, 5.41) is 9.69. The maximum atomic E-state index is 13.3. The highest BCUT2D eigenvalue weighted by Crippen LogP contribution is 2.38. The van der Waals surface area contributed by atoms with Crippen LogP contribution in [0.1, 0.15) is 6.92 Å². The molecule has 0 spiro atoms. The van der Waals surface area contributed by atoms with E-state index >= 15 is 0 Å². The van der Waals surface area contributed by atoms with Crippen LogP contribution in [0.5, 0.6) is 11.5 Å². The van der Waals surface area contributed by atoms with Gasteiger partial charge in [0.25, 0.3) is 10.0 Å². The van der Waals surface area contributed by atoms with Crippen molar-refractivity contribution in [2.24, 2.45) is 0 Å². The number of methoxy groups -OCH3 is 2. The number of nitrogens with zero attached hydrogens (tertiary/aromatic N) is 1. The normalized spacial score (nSPS) is 12.3. The molecule has 2 rings (SSSR count). The first-order valence-electron chi connectivity index (χ1n) is 7.57. The van der Waals surface area contributed by atoms with Crippen LogP contribution >= 0.6 is 23.2 Å². The molecule has 0 saturated carbocycles. The summed E-state index contributed by atoms with van der Waals surface area (Å²) in [6.45, 7) is 1.25. The molecule has 0 heterocycles. The van der Waals surface area contributed by atoms with Crippen molar-refractivity contribution in [2.75, 3.05) is 18.5 Å². The van der Waals surface area contributed by atoms with Gasteiger partial charge < -0.3 is 14.6 Å². The van der Waals surface area contributed by atoms with Crippen molar-refractivity contribution in [2.45, 2.75) is 17.9 Å². The highest BCUT2D eigenvalue weighted by atomic mass is 35.5. The Kier molecular flexibility index (Phi) is 6.46. The van der Waals surface area contributed by atoms with Crippen molar-refractivity contribution in [3.63, 3.8) is 0 Å². The topological polar surface area (TPSA) is 93.1 Å². The van der Waals surface area contributed by atoms with E-state index in [2.05, 4.69) is 0 Å². The van der Waals surface area contributed by atoms with Gasteiger partial charge in [-0.15, -0.1) is 0 Å². The third kappa shape index (κ3) is 4.23. The van der Waals surface area contributed by atoms with Crippen LogP contribution in [0.15, 0.2) is 41.3 Å². The number of rotatable bonds is 7. The zero-order chi connectivity index (χ0) is 20.4. The van der Waals surface area contributed by atoms with Crippen LogP contribution in [0.4, 0.5) is 5.69 Å². The van der Waals surface area contributed by atoms with Crippen LogP contribution < -0.4 is 13.8 Å². The molecular weight excluding hydrogens is 417 g/mol. The van der Waals surface area contributed by atoms with E-state index in [4.69, 9.17) is 32.7 Å². The number of sulfonamides is 1. The number of carbonyl (C=O) groups is 1. The average molecular weight is 434 g/mol. The number of hydrogen-bond donors (Lipinski definition) is 1. The minimum absolute atomic E-state index is 0.0119. The molecule has 0 saturated heterocycles. The molecule has 0 aliphatic rings. The number of benzene rings is 2. The molecule has 0 aliphatic carbocycles. The monoisotopic (exact) mass is 433 g/mol. The fourth-order valence-electron chi connectivity index (χ4n) is 2.37. The highest BCUT2D eigenvalue weighted by Gasteiger charge is 2.35. The van der Waals surface area contributed by atoms with Crippen molar-refractivity contribution in [3.05, 3.63) is 46.4 Å². The van der Waals surface area contributed by atoms with Crippen LogP contribution in [0.3, 0.4) is 0 Å². The molecular formula is C17H17Cl2NO6S. The summed E-state index contributed by atoms with van der Waals surface area (Å²) in [7, 11) is -1.57. The zero-order valence-corrected chi connectivity index (χ0v) is 17.0. The Morgan fingerprint density at radius 2 is 1.74 bits per heavy atom. The standard InChI is InChI=1S/C17H17Cl2NO6S/c1-10(17(21)22)20(15-8-11(25-2)4-7-16(15)26-3)27(23,24)12-5-6-13(18)14(19)9-12/h4-10H,1-3H3,(H,21,22). The van der Waals surface area contributed by atoms with Crippen LogP contribution in [0, 0.1) is 0 Å². The Balaban J connectivity index is 2.76. The van der Waals surface area contributed by atoms with Gasteiger partial charge in [0.2, 0.25) is 0 Å². The first-order chi connectivity index (χ1) is 12.6. The van der Waals surface area contributed by atoms with E-state index in [0.29, 0.717) is 5.75 Å². The van der Waals surface area contributed by atoms with Crippen molar-refractivity contribution in [1.82, 2.24) is 0 Å². The minimum atomic E-state index is -4.32. The quantitative estimate of drug-likeness (QED) is 0.715. The van der Waals surface area contributed by atoms with Crippen LogP contribution in [0.25, 0.3) is 0 Å². The zero-order valence-electron chi connectivity index (χ0n) is 14.6. The van der Waals surface area contributed by atoms with E-state index in [9.17, 15) is 18.3 Å². The van der Waals surface area contributed by atoms with Crippen LogP contribution in [-0.2, 0) is 14.8 Å². The summed E-state index contributed by atoms with van der Waals surface area (Å²) in [5.41, 5.74) is 0.0119. The summed E-state index contributed by atoms with van der Waals surface area (Å²) in [6.07, 6.45) is 0. The maximum absolute atomic E-state index is 13.3. The molecule has 0 aromatic heterocycles. The first kappa shape index (κ1) is 21.1. The number of aliphatic carboxylic acids is 1. The van der Waals surface area contributed by atoms with Crippen molar-refractivity contribution >= 4 is 44.9 Å². The SMILES string of the molecule is COc1ccc(OC)c(N(C(C)C(=O)O)S(=O)(=O)c2ccc(Cl)c(Cl)c2)c1. The number of carboxylic acid groups (broad SMARTS) is 1. The number of ether oxygens (including phenoxy) is 2. The molecule has 27 heavy (non-hydrogen) atoms. The molecule has 1 atom stereocenters. The lowest BCUT2D eigenvalue weighted by atomic mass is 10.2. The molecule has 0 aliphatic heterocycles. The Hall–Kier alpha value is -2.16. The molecule has 1 unspecified atom stereocenters. The largest absolute Gasteiger partial charge is 0.497 e. The van der Waals surface area contributed by atoms with Gasteiger partial charge in [0.1, 0.15) is 17.5 Å². The van der Waals surface area contributed by atoms with E-state index in [1.54, 1.807) is 6.07 Å². The van der Waals surface area contributed by atoms with Gasteiger partial charge in [-0.3, -0.25) is 0 Å². The van der Waals surface area contributed by atoms with E-state index in [-0.39, 0.29) is 26.4 Å². The van der Waals surface area contributed by atoms with Gasteiger partial charge in [-0.1, -0.05) is 23.2 Å². The maximum Gasteiger partial charge on any atom is 0.327 e. The fourth-order valence-corrected chi connectivity index (χ4v) is 4.37. The fraction of sp³-hybridized carbons (Fsp3) is 0.235. The van der Waals surface area contributed by atoms with Gasteiger partial charge >= 0.3 is 5.97 Å². The minimum Gasteiger partial charge on any atom is -0.497 e. The highest BCUT2D eigenvalue weighted by molar-refractivity contribution is 7.93. The Morgan fingerprint density at radius 3 is 2.26 bits per heavy atom. The van der Waals surface area contributed by atoms with Gasteiger partial charge in [0, 0.05) is 6.07 Å². The summed E-state index contributed by atoms with van der Waals surface area (Å²) in [6, 6.07) is 6.73. The second-order valence-corrected chi connectivity index (χ2v) is 8.06. The molecule has 1 N–H and O–H groups in total. The predicted octanol–water partition coefficient (Wildman–Crippen LogP) is 3.68. The lowest BCUT2D eigenvalue weighted by Gasteiger charge is -2.29. The molecule has 2 aromatic carbocycles. The van der Waals surface area contributed by atoms with Crippen molar-refractivity contribution < 1.29 is 27.8 Å². The van der Waals surface area contributed by atoms with E-state index < -0.39 is 22.0 Å². The third-order valence-electron chi connectivity index (χ3n) is 3.78. The van der Waals surface area contributed by atoms with Crippen molar-refractivity contribution in [1.29, 1.82) is 0 Å². The lowest BCUT2D eigenvalue weighted by Crippen LogP contribution is -2.43. The average Bonchev–Trinajstić information content (AvgIpc) is 2.63. The Bertz CT molecular complexity index is 964. The van der Waals surface area contributed by atoms with Gasteiger partial charge in [0.15, 0.2) is 0 Å². The van der Waals surface area contributed by atoms with Gasteiger partial charge in [-0.25, -0.2) is 17.5 Å². The second kappa shape index (κ2) is 8.24. The molecule has 2 aromatic rings. The summed E-state index contributed by atoms with van der Waals surface area (Å²) in [4.78, 5) is 11.4. The molecule has 0 bridgehead atoms. The van der Waals surface area contributed by atoms with Crippen molar-refractivity contribution in [3.8, 4) is 11.5 Å². The lowest BCUT2D eigenvalue weighted by molar-refractivity contribution is -0.137. The number of anilines is 1. The predicted molar refractivity (Wildman–Crippen MR) is 103 cm³/mol. The summed E-state index contributed by atoms with van der Waals surface area (Å²) < 4.78 is 37.7. The first-order valence-corrected chi connectivity index (χ1v) is 9.77. The van der Waals surface area contributed by atoms with Gasteiger partial charge in [-0.05, 0) is 37.3 Å². The molecule has 0 amide bonds. The van der Waals surface area contributed by atoms with E-state index in [1.807, 2.05) is 0 Å². The molecule has 0 radical (unpaired) electrons. The van der Waals surface area contributed by atoms with Crippen LogP contribution in [-0.4, -0.2) is 39.8 Å². The number of hydrogen-bond acceptors (Lipinski definition) is 5. The third-order valence-corrected chi connectivity index (χ3v) is 6.40. The number of halogens is 2. The Labute approximate surface area is 167 Å². The van der Waals surface area contributed by atoms with Crippen LogP contribution in [0.2, 0.25) is 10.0 Å². The van der Waals surface area contributed by atoms with Gasteiger partial charge in [0.05, 0.1) is 34.8 Å². The molecule has 0 fully saturated rings. The van der Waals surface area contributed by atoms with E-state index in [1.165, 1.54) is 45.4 Å². The van der Waals surface area contributed by atoms with Gasteiger partial charge in [-0.2, -0.15) is 0 Å².